The van der Waals surface area contributed by atoms with Gasteiger partial charge < -0.3 is 0 Å². The molecule has 0 spiro atoms. The number of amides is 1. The van der Waals surface area contributed by atoms with Crippen molar-refractivity contribution in [2.75, 3.05) is 5.75 Å². The van der Waals surface area contributed by atoms with Crippen LogP contribution in [-0.2, 0) is 4.79 Å². The number of nitrogens with one attached hydrogen (secondary N) is 1. The molecule has 1 amide bonds. The second kappa shape index (κ2) is 10.5. The zero-order valence-electron chi connectivity index (χ0n) is 16.5. The summed E-state index contributed by atoms with van der Waals surface area (Å²) in [5.41, 5.74) is 4.98. The molecule has 0 atom stereocenters. The van der Waals surface area contributed by atoms with Crippen molar-refractivity contribution in [2.45, 2.75) is 5.16 Å². The molecule has 0 bridgehead atoms. The predicted molar refractivity (Wildman–Crippen MR) is 130 cm³/mol. The van der Waals surface area contributed by atoms with Crippen molar-refractivity contribution < 1.29 is 4.79 Å². The fraction of sp³-hybridized carbons (Fsp3) is 0.0455. The molecular weight excluding hydrogens is 512 g/mol. The van der Waals surface area contributed by atoms with Crippen molar-refractivity contribution in [3.8, 4) is 17.1 Å². The molecule has 4 rings (SSSR count). The predicted octanol–water partition coefficient (Wildman–Crippen LogP) is 4.99. The molecule has 0 aliphatic carbocycles. The molecule has 0 saturated carbocycles. The lowest BCUT2D eigenvalue weighted by atomic mass is 10.2. The van der Waals surface area contributed by atoms with E-state index in [1.54, 1.807) is 18.5 Å². The molecule has 0 fully saturated rings. The van der Waals surface area contributed by atoms with E-state index in [1.165, 1.54) is 18.0 Å². The van der Waals surface area contributed by atoms with Crippen LogP contribution >= 0.6 is 39.3 Å². The molecule has 4 aromatic rings. The van der Waals surface area contributed by atoms with Crippen LogP contribution in [0.25, 0.3) is 17.1 Å². The molecule has 2 aromatic heterocycles. The van der Waals surface area contributed by atoms with Crippen LogP contribution in [0.15, 0.2) is 87.8 Å². The maximum Gasteiger partial charge on any atom is 0.250 e. The van der Waals surface area contributed by atoms with Crippen LogP contribution in [0.2, 0.25) is 5.02 Å². The van der Waals surface area contributed by atoms with Crippen LogP contribution in [0.5, 0.6) is 0 Å². The number of carbonyl (C=O) groups is 1. The average molecular weight is 528 g/mol. The highest BCUT2D eigenvalue weighted by molar-refractivity contribution is 9.10. The second-order valence-corrected chi connectivity index (χ2v) is 8.72. The molecule has 10 heteroatoms. The van der Waals surface area contributed by atoms with Crippen LogP contribution in [0.4, 0.5) is 0 Å². The molecular formula is C22H16BrClN6OS. The van der Waals surface area contributed by atoms with Crippen molar-refractivity contribution in [3.63, 3.8) is 0 Å². The fourth-order valence-electron chi connectivity index (χ4n) is 2.79. The molecule has 2 heterocycles. The molecule has 0 saturated heterocycles. The van der Waals surface area contributed by atoms with Crippen molar-refractivity contribution in [3.05, 3.63) is 88.1 Å². The van der Waals surface area contributed by atoms with E-state index in [0.717, 1.165) is 21.3 Å². The third kappa shape index (κ3) is 5.42. The van der Waals surface area contributed by atoms with E-state index in [4.69, 9.17) is 11.6 Å². The third-order valence-electron chi connectivity index (χ3n) is 4.29. The second-order valence-electron chi connectivity index (χ2n) is 6.46. The zero-order valence-corrected chi connectivity index (χ0v) is 19.7. The van der Waals surface area contributed by atoms with Crippen molar-refractivity contribution >= 4 is 51.4 Å². The normalized spacial score (nSPS) is 11.1. The Labute approximate surface area is 202 Å². The maximum absolute atomic E-state index is 12.3. The van der Waals surface area contributed by atoms with Crippen molar-refractivity contribution in [2.24, 2.45) is 5.10 Å². The number of halogens is 2. The first kappa shape index (κ1) is 22.2. The van der Waals surface area contributed by atoms with E-state index >= 15 is 0 Å². The van der Waals surface area contributed by atoms with Gasteiger partial charge in [-0.25, -0.2) is 5.43 Å². The van der Waals surface area contributed by atoms with Gasteiger partial charge in [0.2, 0.25) is 0 Å². The Kier molecular flexibility index (Phi) is 7.31. The van der Waals surface area contributed by atoms with E-state index in [0.29, 0.717) is 16.0 Å². The van der Waals surface area contributed by atoms with E-state index in [1.807, 2.05) is 59.2 Å². The fourth-order valence-corrected chi connectivity index (χ4v) is 3.98. The van der Waals surface area contributed by atoms with Gasteiger partial charge in [-0.05, 0) is 42.5 Å². The number of hydrogen-bond donors (Lipinski definition) is 1. The Morgan fingerprint density at radius 2 is 1.84 bits per heavy atom. The number of hydrogen-bond acceptors (Lipinski definition) is 6. The number of hydrazone groups is 1. The first-order chi connectivity index (χ1) is 15.6. The number of rotatable bonds is 7. The van der Waals surface area contributed by atoms with E-state index in [2.05, 4.69) is 41.6 Å². The van der Waals surface area contributed by atoms with Crippen molar-refractivity contribution in [1.29, 1.82) is 0 Å². The first-order valence-electron chi connectivity index (χ1n) is 9.43. The number of pyridine rings is 1. The van der Waals surface area contributed by atoms with Gasteiger partial charge in [0.25, 0.3) is 5.91 Å². The molecule has 2 aromatic carbocycles. The highest BCUT2D eigenvalue weighted by atomic mass is 79.9. The summed E-state index contributed by atoms with van der Waals surface area (Å²) >= 11 is 10.8. The Hall–Kier alpha value is -3.01. The van der Waals surface area contributed by atoms with Crippen LogP contribution in [-0.4, -0.2) is 37.6 Å². The van der Waals surface area contributed by atoms with Crippen molar-refractivity contribution in [1.82, 2.24) is 25.2 Å². The lowest BCUT2D eigenvalue weighted by Crippen LogP contribution is -2.20. The standard InChI is InChI=1S/C22H16BrClN6OS/c23-17-5-7-18(8-6-17)30-21(15-9-11-25-12-10-15)28-29-22(30)32-14-20(31)27-26-13-16-3-1-2-4-19(16)24/h1-13H,14H2,(H,27,31)/b26-13-. The van der Waals surface area contributed by atoms with Gasteiger partial charge in [-0.3, -0.25) is 14.3 Å². The zero-order chi connectivity index (χ0) is 22.3. The SMILES string of the molecule is O=C(CSc1nnc(-c2ccncc2)n1-c1ccc(Br)cc1)N/N=C\c1ccccc1Cl. The molecule has 1 N–H and O–H groups in total. The Morgan fingerprint density at radius 1 is 1.09 bits per heavy atom. The summed E-state index contributed by atoms with van der Waals surface area (Å²) in [6.07, 6.45) is 4.91. The summed E-state index contributed by atoms with van der Waals surface area (Å²) in [5, 5.41) is 13.8. The highest BCUT2D eigenvalue weighted by Crippen LogP contribution is 2.28. The minimum Gasteiger partial charge on any atom is -0.272 e. The summed E-state index contributed by atoms with van der Waals surface area (Å²) in [4.78, 5) is 16.4. The van der Waals surface area contributed by atoms with Gasteiger partial charge >= 0.3 is 0 Å². The number of aromatic nitrogens is 4. The molecule has 160 valence electrons. The van der Waals surface area contributed by atoms with Gasteiger partial charge in [0.15, 0.2) is 11.0 Å². The van der Waals surface area contributed by atoms with Gasteiger partial charge in [0, 0.05) is 38.7 Å². The molecule has 0 aliphatic rings. The molecule has 0 radical (unpaired) electrons. The third-order valence-corrected chi connectivity index (χ3v) is 6.09. The topological polar surface area (TPSA) is 85.1 Å². The van der Waals surface area contributed by atoms with Gasteiger partial charge in [0.1, 0.15) is 0 Å². The summed E-state index contributed by atoms with van der Waals surface area (Å²) < 4.78 is 2.87. The summed E-state index contributed by atoms with van der Waals surface area (Å²) in [7, 11) is 0. The highest BCUT2D eigenvalue weighted by Gasteiger charge is 2.17. The van der Waals surface area contributed by atoms with Crippen LogP contribution < -0.4 is 5.43 Å². The van der Waals surface area contributed by atoms with Crippen LogP contribution in [0.1, 0.15) is 5.56 Å². The van der Waals surface area contributed by atoms with Gasteiger partial charge in [-0.15, -0.1) is 10.2 Å². The number of carbonyl (C=O) groups excluding carboxylic acids is 1. The minimum absolute atomic E-state index is 0.116. The lowest BCUT2D eigenvalue weighted by molar-refractivity contribution is -0.118. The molecule has 0 unspecified atom stereocenters. The summed E-state index contributed by atoms with van der Waals surface area (Å²) in [6.45, 7) is 0. The molecule has 32 heavy (non-hydrogen) atoms. The van der Waals surface area contributed by atoms with Gasteiger partial charge in [-0.1, -0.05) is 57.5 Å². The van der Waals surface area contributed by atoms with Gasteiger partial charge in [-0.2, -0.15) is 5.10 Å². The van der Waals surface area contributed by atoms with Crippen LogP contribution in [0.3, 0.4) is 0 Å². The van der Waals surface area contributed by atoms with E-state index < -0.39 is 0 Å². The Balaban J connectivity index is 1.51. The maximum atomic E-state index is 12.3. The Bertz CT molecular complexity index is 1250. The monoisotopic (exact) mass is 526 g/mol. The summed E-state index contributed by atoms with van der Waals surface area (Å²) in [6, 6.07) is 18.8. The largest absolute Gasteiger partial charge is 0.272 e. The van der Waals surface area contributed by atoms with Gasteiger partial charge in [0.05, 0.1) is 12.0 Å². The molecule has 7 nitrogen and oxygen atoms in total. The molecule has 0 aliphatic heterocycles. The number of thioether (sulfide) groups is 1. The Morgan fingerprint density at radius 3 is 2.59 bits per heavy atom. The average Bonchev–Trinajstić information content (AvgIpc) is 3.24. The lowest BCUT2D eigenvalue weighted by Gasteiger charge is -2.10. The smallest absolute Gasteiger partial charge is 0.250 e. The minimum atomic E-state index is -0.269. The number of benzene rings is 2. The number of nitrogens with zero attached hydrogens (tertiary/aromatic N) is 5. The first-order valence-corrected chi connectivity index (χ1v) is 11.6. The van der Waals surface area contributed by atoms with Crippen LogP contribution in [0, 0.1) is 0 Å². The van der Waals surface area contributed by atoms with E-state index in [9.17, 15) is 4.79 Å². The quantitative estimate of drug-likeness (QED) is 0.208. The van der Waals surface area contributed by atoms with E-state index in [-0.39, 0.29) is 11.7 Å². The summed E-state index contributed by atoms with van der Waals surface area (Å²) in [5.74, 6) is 0.508.